The Morgan fingerprint density at radius 2 is 1.79 bits per heavy atom. The number of pyridine rings is 1. The van der Waals surface area contributed by atoms with E-state index in [-0.39, 0.29) is 5.41 Å². The van der Waals surface area contributed by atoms with Crippen molar-refractivity contribution in [2.75, 3.05) is 18.0 Å². The van der Waals surface area contributed by atoms with Crippen molar-refractivity contribution in [3.05, 3.63) is 83.9 Å². The maximum atomic E-state index is 4.44. The molecule has 5 nitrogen and oxygen atoms in total. The van der Waals surface area contributed by atoms with Crippen LogP contribution in [0, 0.1) is 0 Å². The van der Waals surface area contributed by atoms with Crippen molar-refractivity contribution in [1.82, 2.24) is 20.3 Å². The molecule has 1 spiro atoms. The molecule has 2 aromatic heterocycles. The summed E-state index contributed by atoms with van der Waals surface area (Å²) in [6.45, 7) is 2.87. The molecule has 0 radical (unpaired) electrons. The SMILES string of the molecule is c1cnc(N2CCC3(CC2)C[C@H](NCc2cccnc2)c2ccccc23)nc1. The first-order chi connectivity index (χ1) is 13.8. The molecule has 0 saturated carbocycles. The van der Waals surface area contributed by atoms with Crippen molar-refractivity contribution in [3.8, 4) is 0 Å². The highest BCUT2D eigenvalue weighted by Crippen LogP contribution is 2.50. The van der Waals surface area contributed by atoms with Gasteiger partial charge >= 0.3 is 0 Å². The molecular formula is C23H25N5. The minimum Gasteiger partial charge on any atom is -0.341 e. The summed E-state index contributed by atoms with van der Waals surface area (Å²) in [6.07, 6.45) is 10.9. The summed E-state index contributed by atoms with van der Waals surface area (Å²) >= 11 is 0. The van der Waals surface area contributed by atoms with Gasteiger partial charge in [0, 0.05) is 55.9 Å². The van der Waals surface area contributed by atoms with E-state index < -0.39 is 0 Å². The standard InChI is InChI=1S/C23H25N5/c1-2-7-20-19(6-1)21(27-17-18-5-3-10-24-16-18)15-23(20)8-13-28(14-9-23)22-25-11-4-12-26-22/h1-7,10-12,16,21,27H,8-9,13-15,17H2/t21-/m0/s1. The van der Waals surface area contributed by atoms with Crippen LogP contribution in [0.3, 0.4) is 0 Å². The molecule has 1 atom stereocenters. The third-order valence-corrected chi connectivity index (χ3v) is 6.33. The number of aromatic nitrogens is 3. The lowest BCUT2D eigenvalue weighted by atomic mass is 9.73. The molecule has 2 aliphatic rings. The summed E-state index contributed by atoms with van der Waals surface area (Å²) < 4.78 is 0. The quantitative estimate of drug-likeness (QED) is 0.759. The Labute approximate surface area is 165 Å². The fourth-order valence-electron chi connectivity index (χ4n) is 4.88. The minimum atomic E-state index is 0.258. The van der Waals surface area contributed by atoms with Gasteiger partial charge in [0.05, 0.1) is 0 Å². The third kappa shape index (κ3) is 3.16. The van der Waals surface area contributed by atoms with E-state index in [0.29, 0.717) is 6.04 Å². The maximum Gasteiger partial charge on any atom is 0.225 e. The maximum absolute atomic E-state index is 4.44. The van der Waals surface area contributed by atoms with Crippen LogP contribution in [0.4, 0.5) is 5.95 Å². The number of benzene rings is 1. The number of nitrogens with one attached hydrogen (secondary N) is 1. The summed E-state index contributed by atoms with van der Waals surface area (Å²) in [5.74, 6) is 0.856. The molecule has 1 fully saturated rings. The average molecular weight is 371 g/mol. The first-order valence-electron chi connectivity index (χ1n) is 10.1. The predicted molar refractivity (Wildman–Crippen MR) is 110 cm³/mol. The molecule has 1 aromatic carbocycles. The fraction of sp³-hybridized carbons (Fsp3) is 0.348. The van der Waals surface area contributed by atoms with Gasteiger partial charge in [0.25, 0.3) is 0 Å². The van der Waals surface area contributed by atoms with Crippen LogP contribution in [0.25, 0.3) is 0 Å². The van der Waals surface area contributed by atoms with Crippen LogP contribution >= 0.6 is 0 Å². The van der Waals surface area contributed by atoms with E-state index in [0.717, 1.165) is 44.8 Å². The molecule has 0 amide bonds. The van der Waals surface area contributed by atoms with Crippen LogP contribution in [0.15, 0.2) is 67.3 Å². The number of hydrogen-bond acceptors (Lipinski definition) is 5. The van der Waals surface area contributed by atoms with Crippen molar-refractivity contribution in [3.63, 3.8) is 0 Å². The predicted octanol–water partition coefficient (Wildman–Crippen LogP) is 3.64. The topological polar surface area (TPSA) is 53.9 Å². The van der Waals surface area contributed by atoms with Crippen LogP contribution in [-0.4, -0.2) is 28.0 Å². The molecule has 1 saturated heterocycles. The lowest BCUT2D eigenvalue weighted by molar-refractivity contribution is 0.299. The number of fused-ring (bicyclic) bond motifs is 2. The van der Waals surface area contributed by atoms with E-state index >= 15 is 0 Å². The van der Waals surface area contributed by atoms with E-state index in [9.17, 15) is 0 Å². The van der Waals surface area contributed by atoms with Crippen molar-refractivity contribution in [2.24, 2.45) is 0 Å². The van der Waals surface area contributed by atoms with E-state index in [1.807, 2.05) is 36.9 Å². The average Bonchev–Trinajstić information content (AvgIpc) is 3.08. The zero-order chi connectivity index (χ0) is 18.8. The molecule has 1 aliphatic carbocycles. The molecule has 1 N–H and O–H groups in total. The first kappa shape index (κ1) is 17.3. The van der Waals surface area contributed by atoms with Crippen LogP contribution in [0.2, 0.25) is 0 Å². The number of nitrogens with zero attached hydrogens (tertiary/aromatic N) is 4. The zero-order valence-corrected chi connectivity index (χ0v) is 16.0. The highest BCUT2D eigenvalue weighted by atomic mass is 15.2. The Balaban J connectivity index is 1.33. The molecule has 0 unspecified atom stereocenters. The molecule has 5 rings (SSSR count). The van der Waals surface area contributed by atoms with Crippen molar-refractivity contribution in [2.45, 2.75) is 37.3 Å². The molecule has 0 bridgehead atoms. The normalized spacial score (nSPS) is 20.3. The summed E-state index contributed by atoms with van der Waals surface area (Å²) in [7, 11) is 0. The van der Waals surface area contributed by atoms with E-state index in [4.69, 9.17) is 0 Å². The second-order valence-corrected chi connectivity index (χ2v) is 7.90. The van der Waals surface area contributed by atoms with Crippen LogP contribution in [0.5, 0.6) is 0 Å². The summed E-state index contributed by atoms with van der Waals surface area (Å²) in [5, 5.41) is 3.79. The first-order valence-corrected chi connectivity index (χ1v) is 10.1. The smallest absolute Gasteiger partial charge is 0.225 e. The summed E-state index contributed by atoms with van der Waals surface area (Å²) in [4.78, 5) is 15.4. The Bertz CT molecular complexity index is 920. The zero-order valence-electron chi connectivity index (χ0n) is 16.0. The monoisotopic (exact) mass is 371 g/mol. The van der Waals surface area contributed by atoms with Gasteiger partial charge in [-0.2, -0.15) is 0 Å². The largest absolute Gasteiger partial charge is 0.341 e. The summed E-state index contributed by atoms with van der Waals surface area (Å²) in [6, 6.07) is 15.4. The number of rotatable bonds is 4. The Morgan fingerprint density at radius 3 is 2.57 bits per heavy atom. The van der Waals surface area contributed by atoms with Gasteiger partial charge in [-0.15, -0.1) is 0 Å². The lowest BCUT2D eigenvalue weighted by Crippen LogP contribution is -2.42. The van der Waals surface area contributed by atoms with Crippen molar-refractivity contribution in [1.29, 1.82) is 0 Å². The van der Waals surface area contributed by atoms with Gasteiger partial charge in [0.15, 0.2) is 0 Å². The molecule has 1 aliphatic heterocycles. The Morgan fingerprint density at radius 1 is 0.964 bits per heavy atom. The Hall–Kier alpha value is -2.79. The van der Waals surface area contributed by atoms with Crippen LogP contribution < -0.4 is 10.2 Å². The Kier molecular flexibility index (Phi) is 4.53. The van der Waals surface area contributed by atoms with Crippen LogP contribution in [0.1, 0.15) is 42.0 Å². The molecule has 5 heteroatoms. The van der Waals surface area contributed by atoms with Gasteiger partial charge in [0.2, 0.25) is 5.95 Å². The van der Waals surface area contributed by atoms with Gasteiger partial charge in [-0.1, -0.05) is 30.3 Å². The van der Waals surface area contributed by atoms with Crippen LogP contribution in [-0.2, 0) is 12.0 Å². The number of anilines is 1. The second-order valence-electron chi connectivity index (χ2n) is 7.90. The number of hydrogen-bond donors (Lipinski definition) is 1. The van der Waals surface area contributed by atoms with Gasteiger partial charge in [-0.25, -0.2) is 9.97 Å². The summed E-state index contributed by atoms with van der Waals surface area (Å²) in [5.41, 5.74) is 4.49. The molecule has 142 valence electrons. The van der Waals surface area contributed by atoms with Crippen molar-refractivity contribution < 1.29 is 0 Å². The second kappa shape index (κ2) is 7.32. The minimum absolute atomic E-state index is 0.258. The van der Waals surface area contributed by atoms with Gasteiger partial charge < -0.3 is 10.2 Å². The lowest BCUT2D eigenvalue weighted by Gasteiger charge is -2.40. The van der Waals surface area contributed by atoms with Gasteiger partial charge in [0.1, 0.15) is 0 Å². The van der Waals surface area contributed by atoms with E-state index in [1.165, 1.54) is 16.7 Å². The highest BCUT2D eigenvalue weighted by Gasteiger charge is 2.45. The molecule has 3 heterocycles. The molecule has 3 aromatic rings. The highest BCUT2D eigenvalue weighted by molar-refractivity contribution is 5.44. The third-order valence-electron chi connectivity index (χ3n) is 6.33. The molecule has 28 heavy (non-hydrogen) atoms. The van der Waals surface area contributed by atoms with Crippen molar-refractivity contribution >= 4 is 5.95 Å². The van der Waals surface area contributed by atoms with E-state index in [2.05, 4.69) is 55.5 Å². The molecular weight excluding hydrogens is 346 g/mol. The van der Waals surface area contributed by atoms with Gasteiger partial charge in [-0.3, -0.25) is 4.98 Å². The van der Waals surface area contributed by atoms with E-state index in [1.54, 1.807) is 0 Å². The fourth-order valence-corrected chi connectivity index (χ4v) is 4.88. The van der Waals surface area contributed by atoms with Gasteiger partial charge in [-0.05, 0) is 48.1 Å². The number of piperidine rings is 1.